The maximum Gasteiger partial charge on any atom is 0.239 e. The second-order valence-corrected chi connectivity index (χ2v) is 7.30. The predicted octanol–water partition coefficient (Wildman–Crippen LogP) is 5.07. The van der Waals surface area contributed by atoms with Crippen LogP contribution in [0.2, 0.25) is 0 Å². The van der Waals surface area contributed by atoms with Crippen LogP contribution in [0.3, 0.4) is 0 Å². The minimum atomic E-state index is -0.553. The number of carbonyl (C=O) groups excluding carboxylic acids is 1. The van der Waals surface area contributed by atoms with Gasteiger partial charge in [-0.3, -0.25) is 14.5 Å². The second-order valence-electron chi connectivity index (χ2n) is 7.30. The Kier molecular flexibility index (Phi) is 4.63. The number of aromatic nitrogens is 5. The molecular formula is C24H18FN5O. The van der Waals surface area contributed by atoms with Crippen molar-refractivity contribution in [1.29, 1.82) is 0 Å². The first-order chi connectivity index (χ1) is 15.1. The molecular weight excluding hydrogens is 393 g/mol. The number of carbonyl (C=O) groups is 1. The highest BCUT2D eigenvalue weighted by molar-refractivity contribution is 5.98. The number of fused-ring (bicyclic) bond motifs is 1. The Labute approximate surface area is 177 Å². The molecule has 5 rings (SSSR count). The first-order valence-electron chi connectivity index (χ1n) is 9.84. The van der Waals surface area contributed by atoms with Gasteiger partial charge in [0.05, 0.1) is 17.8 Å². The van der Waals surface area contributed by atoms with Gasteiger partial charge in [0.25, 0.3) is 0 Å². The van der Waals surface area contributed by atoms with Gasteiger partial charge in [-0.1, -0.05) is 42.5 Å². The lowest BCUT2D eigenvalue weighted by molar-refractivity contribution is 0.0889. The maximum absolute atomic E-state index is 14.8. The molecule has 0 fully saturated rings. The molecule has 31 heavy (non-hydrogen) atoms. The van der Waals surface area contributed by atoms with Gasteiger partial charge in [-0.2, -0.15) is 5.10 Å². The number of hydrogen-bond acceptors (Lipinski definition) is 4. The number of nitrogens with zero attached hydrogens (tertiary/aromatic N) is 4. The normalized spacial score (nSPS) is 12.2. The summed E-state index contributed by atoms with van der Waals surface area (Å²) in [7, 11) is 0. The second kappa shape index (κ2) is 7.60. The van der Waals surface area contributed by atoms with Crippen LogP contribution in [0.5, 0.6) is 0 Å². The zero-order valence-corrected chi connectivity index (χ0v) is 16.7. The molecule has 1 atom stereocenters. The molecule has 6 nitrogen and oxygen atoms in total. The monoisotopic (exact) mass is 411 g/mol. The third-order valence-electron chi connectivity index (χ3n) is 5.44. The molecule has 3 aromatic heterocycles. The Balaban J connectivity index is 1.49. The van der Waals surface area contributed by atoms with E-state index in [1.165, 1.54) is 17.0 Å². The number of halogens is 1. The van der Waals surface area contributed by atoms with E-state index in [-0.39, 0.29) is 11.7 Å². The fraction of sp³-hybridized carbons (Fsp3) is 0.0833. The predicted molar refractivity (Wildman–Crippen MR) is 116 cm³/mol. The number of benzene rings is 2. The van der Waals surface area contributed by atoms with Gasteiger partial charge in [0, 0.05) is 28.9 Å². The first kappa shape index (κ1) is 18.9. The van der Waals surface area contributed by atoms with Crippen LogP contribution in [-0.2, 0) is 0 Å². The van der Waals surface area contributed by atoms with E-state index in [1.807, 2.05) is 30.3 Å². The van der Waals surface area contributed by atoms with E-state index in [9.17, 15) is 9.18 Å². The van der Waals surface area contributed by atoms with Crippen LogP contribution in [0.1, 0.15) is 23.2 Å². The zero-order chi connectivity index (χ0) is 21.4. The van der Waals surface area contributed by atoms with Crippen LogP contribution in [0.25, 0.3) is 33.4 Å². The van der Waals surface area contributed by atoms with Crippen molar-refractivity contribution in [2.75, 3.05) is 0 Å². The Hall–Kier alpha value is -4.13. The van der Waals surface area contributed by atoms with E-state index in [0.29, 0.717) is 22.5 Å². The molecule has 0 bridgehead atoms. The Morgan fingerprint density at radius 2 is 1.90 bits per heavy atom. The van der Waals surface area contributed by atoms with Crippen LogP contribution in [-0.4, -0.2) is 30.6 Å². The summed E-state index contributed by atoms with van der Waals surface area (Å²) in [5.74, 6) is -1.11. The van der Waals surface area contributed by atoms with Crippen molar-refractivity contribution >= 4 is 16.9 Å². The molecule has 1 unspecified atom stereocenters. The van der Waals surface area contributed by atoms with Crippen LogP contribution in [0, 0.1) is 5.82 Å². The molecule has 5 aromatic rings. The van der Waals surface area contributed by atoms with Gasteiger partial charge >= 0.3 is 0 Å². The average molecular weight is 411 g/mol. The molecule has 152 valence electrons. The molecule has 0 saturated carbocycles. The van der Waals surface area contributed by atoms with Crippen molar-refractivity contribution in [2.24, 2.45) is 0 Å². The molecule has 0 aliphatic heterocycles. The number of H-pyrrole nitrogens is 1. The molecule has 2 aromatic carbocycles. The first-order valence-corrected chi connectivity index (χ1v) is 9.84. The molecule has 0 spiro atoms. The van der Waals surface area contributed by atoms with E-state index in [2.05, 4.69) is 20.2 Å². The van der Waals surface area contributed by atoms with Gasteiger partial charge in [-0.05, 0) is 30.2 Å². The maximum atomic E-state index is 14.8. The summed E-state index contributed by atoms with van der Waals surface area (Å²) in [6.45, 7) is 1.77. The van der Waals surface area contributed by atoms with Gasteiger partial charge in [-0.15, -0.1) is 0 Å². The highest BCUT2D eigenvalue weighted by Crippen LogP contribution is 2.29. The van der Waals surface area contributed by atoms with Crippen LogP contribution in [0.15, 0.2) is 79.5 Å². The molecule has 0 saturated heterocycles. The lowest BCUT2D eigenvalue weighted by Gasteiger charge is -2.14. The fourth-order valence-corrected chi connectivity index (χ4v) is 3.74. The van der Waals surface area contributed by atoms with Gasteiger partial charge in [0.1, 0.15) is 12.1 Å². The van der Waals surface area contributed by atoms with Crippen molar-refractivity contribution in [1.82, 2.24) is 24.7 Å². The summed E-state index contributed by atoms with van der Waals surface area (Å²) in [5, 5.41) is 7.47. The third-order valence-corrected chi connectivity index (χ3v) is 5.44. The molecule has 0 aliphatic carbocycles. The fourth-order valence-electron chi connectivity index (χ4n) is 3.74. The molecule has 0 amide bonds. The van der Waals surface area contributed by atoms with Crippen molar-refractivity contribution in [2.45, 2.75) is 12.8 Å². The van der Waals surface area contributed by atoms with Crippen molar-refractivity contribution in [3.8, 4) is 22.4 Å². The van der Waals surface area contributed by atoms with E-state index in [1.54, 1.807) is 43.7 Å². The standard InChI is InChI=1S/C24H18FN5O/c1-15(17-7-8-19(21(25)11-17)16-5-3-2-4-6-16)24(31)30-10-9-20-22(18-12-28-29-13-18)26-14-27-23(20)30/h2-15H,1H3,(H,28,29). The van der Waals surface area contributed by atoms with Crippen molar-refractivity contribution < 1.29 is 9.18 Å². The SMILES string of the molecule is CC(C(=O)n1ccc2c(-c3cn[nH]c3)ncnc21)c1ccc(-c2ccccc2)c(F)c1. The number of aromatic amines is 1. The number of rotatable bonds is 4. The van der Waals surface area contributed by atoms with Crippen LogP contribution >= 0.6 is 0 Å². The Morgan fingerprint density at radius 3 is 2.65 bits per heavy atom. The number of nitrogens with one attached hydrogen (secondary N) is 1. The van der Waals surface area contributed by atoms with Gasteiger partial charge in [-0.25, -0.2) is 14.4 Å². The van der Waals surface area contributed by atoms with Gasteiger partial charge in [0.15, 0.2) is 5.65 Å². The van der Waals surface area contributed by atoms with E-state index < -0.39 is 5.92 Å². The topological polar surface area (TPSA) is 76.5 Å². The molecule has 1 N–H and O–H groups in total. The summed E-state index contributed by atoms with van der Waals surface area (Å²) >= 11 is 0. The van der Waals surface area contributed by atoms with Crippen molar-refractivity contribution in [3.63, 3.8) is 0 Å². The van der Waals surface area contributed by atoms with Crippen molar-refractivity contribution in [3.05, 3.63) is 90.9 Å². The highest BCUT2D eigenvalue weighted by Gasteiger charge is 2.22. The molecule has 3 heterocycles. The summed E-state index contributed by atoms with van der Waals surface area (Å²) < 4.78 is 16.3. The summed E-state index contributed by atoms with van der Waals surface area (Å²) in [6.07, 6.45) is 6.51. The zero-order valence-electron chi connectivity index (χ0n) is 16.7. The van der Waals surface area contributed by atoms with E-state index in [0.717, 1.165) is 16.5 Å². The Morgan fingerprint density at radius 1 is 1.06 bits per heavy atom. The summed E-state index contributed by atoms with van der Waals surface area (Å²) in [5.41, 5.74) is 3.91. The van der Waals surface area contributed by atoms with Gasteiger partial charge < -0.3 is 0 Å². The van der Waals surface area contributed by atoms with E-state index in [4.69, 9.17) is 0 Å². The van der Waals surface area contributed by atoms with Crippen LogP contribution < -0.4 is 0 Å². The minimum absolute atomic E-state index is 0.196. The van der Waals surface area contributed by atoms with Gasteiger partial charge in [0.2, 0.25) is 5.91 Å². The largest absolute Gasteiger partial charge is 0.285 e. The quantitative estimate of drug-likeness (QED) is 0.448. The summed E-state index contributed by atoms with van der Waals surface area (Å²) in [4.78, 5) is 21.9. The summed E-state index contributed by atoms with van der Waals surface area (Å²) in [6, 6.07) is 16.1. The lowest BCUT2D eigenvalue weighted by Crippen LogP contribution is -2.17. The average Bonchev–Trinajstić information content (AvgIpc) is 3.49. The lowest BCUT2D eigenvalue weighted by atomic mass is 9.96. The smallest absolute Gasteiger partial charge is 0.239 e. The molecule has 0 radical (unpaired) electrons. The Bertz CT molecular complexity index is 1380. The van der Waals surface area contributed by atoms with E-state index >= 15 is 0 Å². The van der Waals surface area contributed by atoms with Crippen LogP contribution in [0.4, 0.5) is 4.39 Å². The molecule has 7 heteroatoms. The minimum Gasteiger partial charge on any atom is -0.285 e. The number of hydrogen-bond donors (Lipinski definition) is 1. The molecule has 0 aliphatic rings. The highest BCUT2D eigenvalue weighted by atomic mass is 19.1. The third kappa shape index (κ3) is 3.30.